The van der Waals surface area contributed by atoms with Crippen LogP contribution in [0.15, 0.2) is 18.2 Å². The van der Waals surface area contributed by atoms with Gasteiger partial charge in [0.1, 0.15) is 17.7 Å². The van der Waals surface area contributed by atoms with E-state index in [1.165, 1.54) is 19.3 Å². The lowest BCUT2D eigenvalue weighted by Crippen LogP contribution is -2.56. The summed E-state index contributed by atoms with van der Waals surface area (Å²) in [4.78, 5) is 28.2. The number of benzene rings is 1. The number of halogens is 2. The van der Waals surface area contributed by atoms with Gasteiger partial charge >= 0.3 is 0 Å². The average molecular weight is 388 g/mol. The van der Waals surface area contributed by atoms with E-state index in [9.17, 15) is 18.4 Å². The Labute approximate surface area is 163 Å². The fraction of sp³-hybridized carbons (Fsp3) is 0.636. The summed E-state index contributed by atoms with van der Waals surface area (Å²) >= 11 is 0. The highest BCUT2D eigenvalue weighted by Gasteiger charge is 2.56. The van der Waals surface area contributed by atoms with Gasteiger partial charge in [-0.3, -0.25) is 9.59 Å². The minimum absolute atomic E-state index is 0.129. The molecular weight excluding hydrogens is 362 g/mol. The van der Waals surface area contributed by atoms with E-state index >= 15 is 0 Å². The van der Waals surface area contributed by atoms with Gasteiger partial charge in [0, 0.05) is 12.6 Å². The molecule has 6 heteroatoms. The first-order valence-electron chi connectivity index (χ1n) is 10.5. The Bertz CT molecular complexity index is 789. The molecular formula is C22H26F2N2O2. The van der Waals surface area contributed by atoms with Crippen LogP contribution in [0.25, 0.3) is 0 Å². The van der Waals surface area contributed by atoms with Crippen molar-refractivity contribution < 1.29 is 18.4 Å². The largest absolute Gasteiger partial charge is 0.330 e. The van der Waals surface area contributed by atoms with Gasteiger partial charge in [-0.2, -0.15) is 0 Å². The summed E-state index contributed by atoms with van der Waals surface area (Å²) in [5.41, 5.74) is -0.457. The number of carbonyl (C=O) groups excluding carboxylic acids is 2. The minimum Gasteiger partial charge on any atom is -0.330 e. The van der Waals surface area contributed by atoms with Crippen LogP contribution in [0, 0.1) is 34.8 Å². The highest BCUT2D eigenvalue weighted by Crippen LogP contribution is 2.60. The molecule has 28 heavy (non-hydrogen) atoms. The number of hydrogen-bond acceptors (Lipinski definition) is 2. The molecule has 6 rings (SSSR count). The number of amides is 2. The van der Waals surface area contributed by atoms with Gasteiger partial charge in [0.05, 0.1) is 11.1 Å². The van der Waals surface area contributed by atoms with Crippen LogP contribution in [0.4, 0.5) is 14.5 Å². The van der Waals surface area contributed by atoms with Crippen molar-refractivity contribution in [1.82, 2.24) is 4.90 Å². The van der Waals surface area contributed by atoms with Crippen molar-refractivity contribution in [2.45, 2.75) is 57.4 Å². The Kier molecular flexibility index (Phi) is 4.21. The van der Waals surface area contributed by atoms with Crippen LogP contribution in [0.2, 0.25) is 0 Å². The van der Waals surface area contributed by atoms with Crippen LogP contribution < -0.4 is 5.32 Å². The maximum Gasteiger partial charge on any atom is 0.247 e. The first-order valence-corrected chi connectivity index (χ1v) is 10.5. The molecule has 4 saturated carbocycles. The highest BCUT2D eigenvalue weighted by atomic mass is 19.1. The maximum absolute atomic E-state index is 13.9. The van der Waals surface area contributed by atoms with E-state index in [-0.39, 0.29) is 17.0 Å². The van der Waals surface area contributed by atoms with Crippen LogP contribution in [0.5, 0.6) is 0 Å². The molecule has 5 aliphatic rings. The fourth-order valence-electron chi connectivity index (χ4n) is 6.77. The summed E-state index contributed by atoms with van der Waals surface area (Å²) in [6.45, 7) is 0.574. The van der Waals surface area contributed by atoms with Crippen molar-refractivity contribution >= 4 is 17.5 Å². The Morgan fingerprint density at radius 1 is 1.04 bits per heavy atom. The number of likely N-dealkylation sites (tertiary alicyclic amines) is 1. The molecule has 1 saturated heterocycles. The predicted molar refractivity (Wildman–Crippen MR) is 100 cm³/mol. The molecule has 1 heterocycles. The number of nitrogens with one attached hydrogen (secondary N) is 1. The molecule has 5 fully saturated rings. The summed E-state index contributed by atoms with van der Waals surface area (Å²) in [5.74, 6) is 0.407. The standard InChI is InChI=1S/C22H26F2N2O2/c23-16-3-4-17(24)18(9-16)25-20(27)19-2-1-5-26(19)21(28)22-10-13-6-14(11-22)8-15(7-13)12-22/h3-4,9,13-15,19H,1-2,5-8,10-12H2,(H,25,27). The second-order valence-corrected chi connectivity index (χ2v) is 9.47. The smallest absolute Gasteiger partial charge is 0.247 e. The second-order valence-electron chi connectivity index (χ2n) is 9.47. The van der Waals surface area contributed by atoms with Crippen molar-refractivity contribution in [1.29, 1.82) is 0 Å². The Morgan fingerprint density at radius 3 is 2.32 bits per heavy atom. The molecule has 4 nitrogen and oxygen atoms in total. The summed E-state index contributed by atoms with van der Waals surface area (Å²) < 4.78 is 27.3. The SMILES string of the molecule is O=C(Nc1cc(F)ccc1F)C1CCCN1C(=O)C12CC3CC(CC(C3)C1)C2. The predicted octanol–water partition coefficient (Wildman–Crippen LogP) is 4.11. The maximum atomic E-state index is 13.9. The molecule has 1 aromatic rings. The van der Waals surface area contributed by atoms with E-state index in [1.807, 2.05) is 0 Å². The first-order chi connectivity index (χ1) is 13.4. The molecule has 2 amide bonds. The van der Waals surface area contributed by atoms with Crippen LogP contribution in [-0.2, 0) is 9.59 Å². The van der Waals surface area contributed by atoms with Gasteiger partial charge in [-0.05, 0) is 81.3 Å². The molecule has 0 spiro atoms. The molecule has 1 N–H and O–H groups in total. The van der Waals surface area contributed by atoms with E-state index in [4.69, 9.17) is 0 Å². The zero-order valence-corrected chi connectivity index (χ0v) is 15.9. The summed E-state index contributed by atoms with van der Waals surface area (Å²) in [6, 6.07) is 2.40. The third-order valence-corrected chi connectivity index (χ3v) is 7.49. The van der Waals surface area contributed by atoms with Crippen molar-refractivity contribution in [3.05, 3.63) is 29.8 Å². The third kappa shape index (κ3) is 2.92. The lowest BCUT2D eigenvalue weighted by molar-refractivity contribution is -0.160. The molecule has 1 aromatic carbocycles. The molecule has 4 aliphatic carbocycles. The van der Waals surface area contributed by atoms with Gasteiger partial charge in [-0.15, -0.1) is 0 Å². The number of nitrogens with zero attached hydrogens (tertiary/aromatic N) is 1. The van der Waals surface area contributed by atoms with Gasteiger partial charge < -0.3 is 10.2 Å². The molecule has 1 aliphatic heterocycles. The minimum atomic E-state index is -0.674. The van der Waals surface area contributed by atoms with Crippen LogP contribution in [0.3, 0.4) is 0 Å². The van der Waals surface area contributed by atoms with Gasteiger partial charge in [-0.25, -0.2) is 8.78 Å². The van der Waals surface area contributed by atoms with Gasteiger partial charge in [0.25, 0.3) is 0 Å². The molecule has 150 valence electrons. The summed E-state index contributed by atoms with van der Waals surface area (Å²) in [6.07, 6.45) is 7.99. The van der Waals surface area contributed by atoms with Gasteiger partial charge in [0.15, 0.2) is 0 Å². The average Bonchev–Trinajstić information content (AvgIpc) is 3.12. The van der Waals surface area contributed by atoms with Crippen LogP contribution >= 0.6 is 0 Å². The van der Waals surface area contributed by atoms with E-state index in [2.05, 4.69) is 5.32 Å². The van der Waals surface area contributed by atoms with Crippen molar-refractivity contribution in [3.63, 3.8) is 0 Å². The van der Waals surface area contributed by atoms with E-state index < -0.39 is 23.6 Å². The Morgan fingerprint density at radius 2 is 1.68 bits per heavy atom. The third-order valence-electron chi connectivity index (χ3n) is 7.49. The Hall–Kier alpha value is -1.98. The molecule has 1 unspecified atom stereocenters. The lowest BCUT2D eigenvalue weighted by Gasteiger charge is -2.56. The van der Waals surface area contributed by atoms with Crippen molar-refractivity contribution in [3.8, 4) is 0 Å². The summed E-state index contributed by atoms with van der Waals surface area (Å²) in [5, 5.41) is 2.50. The summed E-state index contributed by atoms with van der Waals surface area (Å²) in [7, 11) is 0. The van der Waals surface area contributed by atoms with E-state index in [0.29, 0.717) is 30.7 Å². The van der Waals surface area contributed by atoms with Crippen LogP contribution in [-0.4, -0.2) is 29.3 Å². The van der Waals surface area contributed by atoms with E-state index in [0.717, 1.165) is 43.9 Å². The van der Waals surface area contributed by atoms with Crippen molar-refractivity contribution in [2.24, 2.45) is 23.2 Å². The first kappa shape index (κ1) is 18.1. The van der Waals surface area contributed by atoms with Gasteiger partial charge in [0.2, 0.25) is 11.8 Å². The quantitative estimate of drug-likeness (QED) is 0.847. The number of carbonyl (C=O) groups is 2. The molecule has 1 atom stereocenters. The van der Waals surface area contributed by atoms with Gasteiger partial charge in [-0.1, -0.05) is 0 Å². The number of rotatable bonds is 3. The van der Waals surface area contributed by atoms with Crippen molar-refractivity contribution in [2.75, 3.05) is 11.9 Å². The zero-order valence-electron chi connectivity index (χ0n) is 15.9. The van der Waals surface area contributed by atoms with E-state index in [1.54, 1.807) is 4.90 Å². The highest BCUT2D eigenvalue weighted by molar-refractivity contribution is 5.98. The molecule has 4 bridgehead atoms. The normalized spacial score (nSPS) is 36.0. The topological polar surface area (TPSA) is 49.4 Å². The zero-order chi connectivity index (χ0) is 19.5. The van der Waals surface area contributed by atoms with Crippen LogP contribution in [0.1, 0.15) is 51.4 Å². The fourth-order valence-corrected chi connectivity index (χ4v) is 6.77. The Balaban J connectivity index is 1.34. The number of hydrogen-bond donors (Lipinski definition) is 1. The molecule has 0 aromatic heterocycles. The second kappa shape index (κ2) is 6.53. The lowest BCUT2D eigenvalue weighted by atomic mass is 9.49. The monoisotopic (exact) mass is 388 g/mol. The molecule has 0 radical (unpaired) electrons. The number of anilines is 1.